The van der Waals surface area contributed by atoms with Crippen LogP contribution in [0, 0.1) is 0 Å². The Morgan fingerprint density at radius 1 is 1.17 bits per heavy atom. The Morgan fingerprint density at radius 3 is 2.59 bits per heavy atom. The molecular formula is C20H19N3O5S. The number of ether oxygens (including phenoxy) is 1. The first-order valence-electron chi connectivity index (χ1n) is 9.08. The predicted molar refractivity (Wildman–Crippen MR) is 104 cm³/mol. The van der Waals surface area contributed by atoms with Gasteiger partial charge in [0.05, 0.1) is 29.7 Å². The number of methoxy groups -OCH3 is 1. The SMILES string of the molecule is COC(=O)c1ccc(S(=O)(=O)Nc2ccccc2Cc2nc(C3CC3)no2)cc1. The first-order valence-corrected chi connectivity index (χ1v) is 10.6. The second kappa shape index (κ2) is 7.67. The van der Waals surface area contributed by atoms with Crippen molar-refractivity contribution in [2.75, 3.05) is 11.8 Å². The van der Waals surface area contributed by atoms with Crippen LogP contribution in [0.4, 0.5) is 5.69 Å². The Balaban J connectivity index is 1.54. The zero-order chi connectivity index (χ0) is 20.4. The standard InChI is InChI=1S/C20H19N3O5S/c1-27-20(24)14-8-10-16(11-9-14)29(25,26)23-17-5-3-2-4-15(17)12-18-21-19(22-28-18)13-6-7-13/h2-5,8-11,13,23H,6-7,12H2,1H3. The molecule has 1 fully saturated rings. The van der Waals surface area contributed by atoms with Gasteiger partial charge in [0, 0.05) is 5.92 Å². The van der Waals surface area contributed by atoms with Gasteiger partial charge in [-0.3, -0.25) is 4.72 Å². The summed E-state index contributed by atoms with van der Waals surface area (Å²) in [6, 6.07) is 12.6. The second-order valence-electron chi connectivity index (χ2n) is 6.78. The summed E-state index contributed by atoms with van der Waals surface area (Å²) in [5.74, 6) is 1.01. The molecule has 1 aliphatic carbocycles. The normalized spacial score (nSPS) is 13.8. The summed E-state index contributed by atoms with van der Waals surface area (Å²) in [7, 11) is -2.58. The molecule has 150 valence electrons. The zero-order valence-corrected chi connectivity index (χ0v) is 16.5. The van der Waals surface area contributed by atoms with Gasteiger partial charge >= 0.3 is 5.97 Å². The van der Waals surface area contributed by atoms with Crippen molar-refractivity contribution in [1.29, 1.82) is 0 Å². The Morgan fingerprint density at radius 2 is 1.90 bits per heavy atom. The number of nitrogens with zero attached hydrogens (tertiary/aromatic N) is 2. The first kappa shape index (κ1) is 19.1. The van der Waals surface area contributed by atoms with Gasteiger partial charge in [-0.05, 0) is 48.7 Å². The Kier molecular flexibility index (Phi) is 5.06. The molecule has 0 saturated heterocycles. The van der Waals surface area contributed by atoms with E-state index in [0.717, 1.165) is 12.8 Å². The lowest BCUT2D eigenvalue weighted by molar-refractivity contribution is 0.0600. The number of esters is 1. The van der Waals surface area contributed by atoms with E-state index in [0.29, 0.717) is 35.3 Å². The lowest BCUT2D eigenvalue weighted by Gasteiger charge is -2.12. The number of hydrogen-bond acceptors (Lipinski definition) is 7. The van der Waals surface area contributed by atoms with Crippen LogP contribution in [0.1, 0.15) is 46.4 Å². The Bertz CT molecular complexity index is 1130. The van der Waals surface area contributed by atoms with Crippen LogP contribution in [-0.2, 0) is 21.2 Å². The van der Waals surface area contributed by atoms with Crippen molar-refractivity contribution in [3.05, 3.63) is 71.4 Å². The molecule has 9 heteroatoms. The zero-order valence-electron chi connectivity index (χ0n) is 15.7. The fraction of sp³-hybridized carbons (Fsp3) is 0.250. The molecule has 3 aromatic rings. The average molecular weight is 413 g/mol. The van der Waals surface area contributed by atoms with Crippen molar-refractivity contribution in [3.63, 3.8) is 0 Å². The van der Waals surface area contributed by atoms with Crippen LogP contribution in [0.15, 0.2) is 57.9 Å². The molecule has 0 bridgehead atoms. The van der Waals surface area contributed by atoms with E-state index < -0.39 is 16.0 Å². The van der Waals surface area contributed by atoms with E-state index in [4.69, 9.17) is 4.52 Å². The molecule has 1 aliphatic rings. The number of hydrogen-bond donors (Lipinski definition) is 1. The highest BCUT2D eigenvalue weighted by Crippen LogP contribution is 2.38. The van der Waals surface area contributed by atoms with Gasteiger partial charge in [0.25, 0.3) is 10.0 Å². The summed E-state index contributed by atoms with van der Waals surface area (Å²) >= 11 is 0. The van der Waals surface area contributed by atoms with Gasteiger partial charge in [-0.2, -0.15) is 4.98 Å². The van der Waals surface area contributed by atoms with E-state index in [1.165, 1.54) is 31.4 Å². The summed E-state index contributed by atoms with van der Waals surface area (Å²) in [4.78, 5) is 16.0. The van der Waals surface area contributed by atoms with Gasteiger partial charge < -0.3 is 9.26 Å². The summed E-state index contributed by atoms with van der Waals surface area (Å²) in [6.45, 7) is 0. The minimum absolute atomic E-state index is 0.0359. The minimum atomic E-state index is -3.84. The number of nitrogens with one attached hydrogen (secondary N) is 1. The van der Waals surface area contributed by atoms with E-state index in [9.17, 15) is 13.2 Å². The third kappa shape index (κ3) is 4.29. The van der Waals surface area contributed by atoms with E-state index in [1.807, 2.05) is 6.07 Å². The molecule has 1 heterocycles. The van der Waals surface area contributed by atoms with Crippen molar-refractivity contribution in [1.82, 2.24) is 10.1 Å². The predicted octanol–water partition coefficient (Wildman–Crippen LogP) is 3.13. The van der Waals surface area contributed by atoms with Crippen molar-refractivity contribution in [3.8, 4) is 0 Å². The van der Waals surface area contributed by atoms with Crippen LogP contribution in [0.3, 0.4) is 0 Å². The lowest BCUT2D eigenvalue weighted by atomic mass is 10.1. The summed E-state index contributed by atoms with van der Waals surface area (Å²) in [6.07, 6.45) is 2.47. The molecule has 0 aliphatic heterocycles. The summed E-state index contributed by atoms with van der Waals surface area (Å²) in [5.41, 5.74) is 1.42. The minimum Gasteiger partial charge on any atom is -0.465 e. The first-order chi connectivity index (χ1) is 14.0. The Hall–Kier alpha value is -3.20. The molecule has 1 N–H and O–H groups in total. The van der Waals surface area contributed by atoms with Gasteiger partial charge in [-0.15, -0.1) is 0 Å². The fourth-order valence-electron chi connectivity index (χ4n) is 2.88. The van der Waals surface area contributed by atoms with Crippen LogP contribution in [-0.4, -0.2) is 31.6 Å². The molecule has 0 amide bonds. The van der Waals surface area contributed by atoms with Crippen LogP contribution < -0.4 is 4.72 Å². The van der Waals surface area contributed by atoms with Crippen molar-refractivity contribution in [2.24, 2.45) is 0 Å². The molecular weight excluding hydrogens is 394 g/mol. The largest absolute Gasteiger partial charge is 0.465 e. The highest BCUT2D eigenvalue weighted by molar-refractivity contribution is 7.92. The molecule has 0 radical (unpaired) electrons. The smallest absolute Gasteiger partial charge is 0.337 e. The number of rotatable bonds is 7. The molecule has 0 spiro atoms. The molecule has 4 rings (SSSR count). The highest BCUT2D eigenvalue weighted by atomic mass is 32.2. The number of benzene rings is 2. The maximum atomic E-state index is 12.8. The number of anilines is 1. The number of carbonyl (C=O) groups is 1. The van der Waals surface area contributed by atoms with Crippen LogP contribution in [0.2, 0.25) is 0 Å². The maximum absolute atomic E-state index is 12.8. The van der Waals surface area contributed by atoms with Gasteiger partial charge in [0.1, 0.15) is 0 Å². The van der Waals surface area contributed by atoms with Crippen LogP contribution >= 0.6 is 0 Å². The van der Waals surface area contributed by atoms with Crippen LogP contribution in [0.5, 0.6) is 0 Å². The van der Waals surface area contributed by atoms with Crippen molar-refractivity contribution in [2.45, 2.75) is 30.1 Å². The maximum Gasteiger partial charge on any atom is 0.337 e. The molecule has 2 aromatic carbocycles. The average Bonchev–Trinajstić information content (AvgIpc) is 3.48. The monoisotopic (exact) mass is 413 g/mol. The van der Waals surface area contributed by atoms with Crippen LogP contribution in [0.25, 0.3) is 0 Å². The van der Waals surface area contributed by atoms with Gasteiger partial charge in [0.15, 0.2) is 5.82 Å². The van der Waals surface area contributed by atoms with Crippen molar-refractivity contribution >= 4 is 21.7 Å². The quantitative estimate of drug-likeness (QED) is 0.592. The lowest BCUT2D eigenvalue weighted by Crippen LogP contribution is -2.14. The highest BCUT2D eigenvalue weighted by Gasteiger charge is 2.29. The fourth-order valence-corrected chi connectivity index (χ4v) is 3.98. The summed E-state index contributed by atoms with van der Waals surface area (Å²) in [5, 5.41) is 3.99. The Labute approximate surface area is 168 Å². The molecule has 1 saturated carbocycles. The second-order valence-corrected chi connectivity index (χ2v) is 8.46. The van der Waals surface area contributed by atoms with E-state index in [-0.39, 0.29) is 10.5 Å². The molecule has 0 atom stereocenters. The molecule has 1 aromatic heterocycles. The number of para-hydroxylation sites is 1. The third-order valence-corrected chi connectivity index (χ3v) is 6.00. The molecule has 8 nitrogen and oxygen atoms in total. The number of carbonyl (C=O) groups excluding carboxylic acids is 1. The van der Waals surface area contributed by atoms with Gasteiger partial charge in [-0.25, -0.2) is 13.2 Å². The van der Waals surface area contributed by atoms with Gasteiger partial charge in [0.2, 0.25) is 5.89 Å². The molecule has 0 unspecified atom stereocenters. The van der Waals surface area contributed by atoms with E-state index in [1.54, 1.807) is 18.2 Å². The van der Waals surface area contributed by atoms with Gasteiger partial charge in [-0.1, -0.05) is 23.4 Å². The summed E-state index contributed by atoms with van der Waals surface area (Å²) < 4.78 is 38.1. The number of sulfonamides is 1. The molecule has 29 heavy (non-hydrogen) atoms. The van der Waals surface area contributed by atoms with E-state index >= 15 is 0 Å². The van der Waals surface area contributed by atoms with E-state index in [2.05, 4.69) is 19.6 Å². The number of aromatic nitrogens is 2. The van der Waals surface area contributed by atoms with Crippen molar-refractivity contribution < 1.29 is 22.5 Å². The topological polar surface area (TPSA) is 111 Å². The third-order valence-electron chi connectivity index (χ3n) is 4.62.